The molecule has 1 aromatic carbocycles. The van der Waals surface area contributed by atoms with Crippen molar-refractivity contribution in [1.82, 2.24) is 10.2 Å². The van der Waals surface area contributed by atoms with Crippen molar-refractivity contribution in [2.45, 2.75) is 32.1 Å². The van der Waals surface area contributed by atoms with Gasteiger partial charge in [0.2, 0.25) is 5.91 Å². The molecule has 1 heterocycles. The molecular weight excluding hydrogens is 332 g/mol. The number of aliphatic imine (C=N–C) groups is 1. The molecular formula is C19H30N4OS. The Kier molecular flexibility index (Phi) is 7.17. The first kappa shape index (κ1) is 19.6. The summed E-state index contributed by atoms with van der Waals surface area (Å²) < 4.78 is 0. The molecule has 1 aromatic rings. The summed E-state index contributed by atoms with van der Waals surface area (Å²) in [7, 11) is 0. The summed E-state index contributed by atoms with van der Waals surface area (Å²) >= 11 is 1.92. The molecule has 0 aliphatic carbocycles. The van der Waals surface area contributed by atoms with Gasteiger partial charge in [0, 0.05) is 30.3 Å². The van der Waals surface area contributed by atoms with Gasteiger partial charge in [-0.1, -0.05) is 18.2 Å². The summed E-state index contributed by atoms with van der Waals surface area (Å²) in [6.07, 6.45) is 1.17. The van der Waals surface area contributed by atoms with Crippen LogP contribution in [0.15, 0.2) is 40.2 Å². The summed E-state index contributed by atoms with van der Waals surface area (Å²) in [4.78, 5) is 19.8. The van der Waals surface area contributed by atoms with Crippen LogP contribution in [-0.4, -0.2) is 48.7 Å². The third kappa shape index (κ3) is 5.96. The van der Waals surface area contributed by atoms with Crippen LogP contribution in [0.4, 0.5) is 0 Å². The molecule has 1 aliphatic rings. The Bertz CT molecular complexity index is 588. The number of guanidine groups is 1. The Morgan fingerprint density at radius 3 is 2.76 bits per heavy atom. The number of likely N-dealkylation sites (tertiary alicyclic amines) is 1. The number of thioether (sulfide) groups is 1. The Balaban J connectivity index is 1.90. The van der Waals surface area contributed by atoms with Gasteiger partial charge in [0.05, 0.1) is 12.0 Å². The number of nitrogens with zero attached hydrogens (tertiary/aromatic N) is 2. The predicted molar refractivity (Wildman–Crippen MR) is 106 cm³/mol. The number of carbonyl (C=O) groups excluding carboxylic acids is 1. The maximum atomic E-state index is 11.5. The van der Waals surface area contributed by atoms with Gasteiger partial charge in [-0.3, -0.25) is 9.79 Å². The van der Waals surface area contributed by atoms with Crippen molar-refractivity contribution in [2.24, 2.45) is 22.1 Å². The number of nitrogens with one attached hydrogen (secondary N) is 1. The van der Waals surface area contributed by atoms with Crippen LogP contribution in [0.25, 0.3) is 0 Å². The second-order valence-corrected chi connectivity index (χ2v) is 8.24. The minimum atomic E-state index is -0.622. The molecule has 1 amide bonds. The maximum Gasteiger partial charge on any atom is 0.224 e. The highest BCUT2D eigenvalue weighted by Crippen LogP contribution is 2.26. The number of nitrogens with two attached hydrogens (primary N) is 1. The fourth-order valence-corrected chi connectivity index (χ4v) is 3.72. The minimum absolute atomic E-state index is 0.314. The average molecular weight is 363 g/mol. The van der Waals surface area contributed by atoms with E-state index in [2.05, 4.69) is 46.4 Å². The van der Waals surface area contributed by atoms with E-state index in [0.29, 0.717) is 12.5 Å². The summed E-state index contributed by atoms with van der Waals surface area (Å²) in [5.41, 5.74) is 4.83. The summed E-state index contributed by atoms with van der Waals surface area (Å²) in [6.45, 7) is 8.97. The van der Waals surface area contributed by atoms with E-state index in [9.17, 15) is 4.79 Å². The second-order valence-electron chi connectivity index (χ2n) is 7.14. The van der Waals surface area contributed by atoms with Crippen molar-refractivity contribution in [1.29, 1.82) is 0 Å². The van der Waals surface area contributed by atoms with Crippen molar-refractivity contribution >= 4 is 23.6 Å². The molecule has 1 fully saturated rings. The smallest absolute Gasteiger partial charge is 0.224 e. The van der Waals surface area contributed by atoms with Gasteiger partial charge in [-0.15, -0.1) is 11.8 Å². The van der Waals surface area contributed by atoms with E-state index in [-0.39, 0.29) is 5.91 Å². The van der Waals surface area contributed by atoms with E-state index in [4.69, 9.17) is 5.73 Å². The summed E-state index contributed by atoms with van der Waals surface area (Å²) in [6, 6.07) is 10.5. The largest absolute Gasteiger partial charge is 0.369 e. The van der Waals surface area contributed by atoms with Crippen molar-refractivity contribution < 1.29 is 4.79 Å². The maximum absolute atomic E-state index is 11.5. The van der Waals surface area contributed by atoms with Crippen LogP contribution >= 0.6 is 11.8 Å². The molecule has 1 unspecified atom stereocenters. The number of primary amides is 1. The first-order chi connectivity index (χ1) is 11.9. The second kappa shape index (κ2) is 9.13. The van der Waals surface area contributed by atoms with Crippen molar-refractivity contribution in [2.75, 3.05) is 31.9 Å². The lowest BCUT2D eigenvalue weighted by Crippen LogP contribution is -2.42. The monoisotopic (exact) mass is 362 g/mol. The molecule has 2 rings (SSSR count). The summed E-state index contributed by atoms with van der Waals surface area (Å²) in [5.74, 6) is 2.35. The quantitative estimate of drug-likeness (QED) is 0.444. The molecule has 6 heteroatoms. The molecule has 0 bridgehead atoms. The first-order valence-corrected chi connectivity index (χ1v) is 9.92. The van der Waals surface area contributed by atoms with E-state index in [1.165, 1.54) is 11.3 Å². The Hall–Kier alpha value is -1.69. The normalized spacial score (nSPS) is 18.4. The standard InChI is InChI=1S/C19H30N4OS/c1-4-21-18(22-14-19(2,3)17(20)24)23-11-10-15(12-23)13-25-16-8-6-5-7-9-16/h5-9,15H,4,10-14H2,1-3H3,(H2,20,24)(H,21,22). The minimum Gasteiger partial charge on any atom is -0.369 e. The molecule has 0 aromatic heterocycles. The Morgan fingerprint density at radius 1 is 1.40 bits per heavy atom. The van der Waals surface area contributed by atoms with Gasteiger partial charge in [-0.05, 0) is 45.2 Å². The van der Waals surface area contributed by atoms with E-state index < -0.39 is 5.41 Å². The number of amides is 1. The zero-order valence-electron chi connectivity index (χ0n) is 15.5. The first-order valence-electron chi connectivity index (χ1n) is 8.93. The van der Waals surface area contributed by atoms with Crippen LogP contribution in [0.2, 0.25) is 0 Å². The van der Waals surface area contributed by atoms with Crippen LogP contribution in [0.3, 0.4) is 0 Å². The van der Waals surface area contributed by atoms with Gasteiger partial charge in [0.1, 0.15) is 0 Å². The van der Waals surface area contributed by atoms with Gasteiger partial charge in [0.25, 0.3) is 0 Å². The average Bonchev–Trinajstić information content (AvgIpc) is 3.06. The van der Waals surface area contributed by atoms with Gasteiger partial charge in [0.15, 0.2) is 5.96 Å². The zero-order valence-corrected chi connectivity index (χ0v) is 16.3. The lowest BCUT2D eigenvalue weighted by atomic mass is 9.93. The topological polar surface area (TPSA) is 70.7 Å². The fraction of sp³-hybridized carbons (Fsp3) is 0.579. The van der Waals surface area contributed by atoms with E-state index >= 15 is 0 Å². The lowest BCUT2D eigenvalue weighted by molar-refractivity contribution is -0.125. The van der Waals surface area contributed by atoms with Gasteiger partial charge >= 0.3 is 0 Å². The highest BCUT2D eigenvalue weighted by Gasteiger charge is 2.28. The molecule has 25 heavy (non-hydrogen) atoms. The van der Waals surface area contributed by atoms with Crippen molar-refractivity contribution in [3.05, 3.63) is 30.3 Å². The van der Waals surface area contributed by atoms with E-state index in [0.717, 1.165) is 31.3 Å². The zero-order chi connectivity index (χ0) is 18.3. The SMILES string of the molecule is CCNC(=NCC(C)(C)C(N)=O)N1CCC(CSc2ccccc2)C1. The number of hydrogen-bond acceptors (Lipinski definition) is 3. The van der Waals surface area contributed by atoms with Crippen molar-refractivity contribution in [3.63, 3.8) is 0 Å². The molecule has 1 atom stereocenters. The third-order valence-electron chi connectivity index (χ3n) is 4.44. The molecule has 1 saturated heterocycles. The third-order valence-corrected chi connectivity index (χ3v) is 5.68. The Labute approximate surface area is 155 Å². The number of benzene rings is 1. The molecule has 0 radical (unpaired) electrons. The molecule has 3 N–H and O–H groups in total. The lowest BCUT2D eigenvalue weighted by Gasteiger charge is -2.24. The van der Waals surface area contributed by atoms with Crippen LogP contribution in [-0.2, 0) is 4.79 Å². The van der Waals surface area contributed by atoms with Gasteiger partial charge < -0.3 is 16.0 Å². The molecule has 5 nitrogen and oxygen atoms in total. The predicted octanol–water partition coefficient (Wildman–Crippen LogP) is 2.58. The highest BCUT2D eigenvalue weighted by molar-refractivity contribution is 7.99. The number of rotatable bonds is 7. The van der Waals surface area contributed by atoms with Gasteiger partial charge in [-0.2, -0.15) is 0 Å². The number of hydrogen-bond donors (Lipinski definition) is 2. The van der Waals surface area contributed by atoms with E-state index in [1.54, 1.807) is 0 Å². The Morgan fingerprint density at radius 2 is 2.12 bits per heavy atom. The fourth-order valence-electron chi connectivity index (χ4n) is 2.67. The number of carbonyl (C=O) groups is 1. The van der Waals surface area contributed by atoms with E-state index in [1.807, 2.05) is 31.7 Å². The van der Waals surface area contributed by atoms with Gasteiger partial charge in [-0.25, -0.2) is 0 Å². The molecule has 1 aliphatic heterocycles. The van der Waals surface area contributed by atoms with Crippen LogP contribution in [0.5, 0.6) is 0 Å². The molecule has 0 saturated carbocycles. The van der Waals surface area contributed by atoms with Crippen LogP contribution in [0.1, 0.15) is 27.2 Å². The van der Waals surface area contributed by atoms with Crippen LogP contribution < -0.4 is 11.1 Å². The summed E-state index contributed by atoms with van der Waals surface area (Å²) in [5, 5.41) is 3.35. The van der Waals surface area contributed by atoms with Crippen LogP contribution in [0, 0.1) is 11.3 Å². The molecule has 138 valence electrons. The van der Waals surface area contributed by atoms with Crippen molar-refractivity contribution in [3.8, 4) is 0 Å². The molecule has 0 spiro atoms. The highest BCUT2D eigenvalue weighted by atomic mass is 32.2.